The maximum absolute atomic E-state index is 12.0. The molecule has 0 spiro atoms. The van der Waals surface area contributed by atoms with E-state index in [1.54, 1.807) is 11.3 Å². The Morgan fingerprint density at radius 3 is 2.58 bits per heavy atom. The van der Waals surface area contributed by atoms with Gasteiger partial charge in [0.2, 0.25) is 0 Å². The molecule has 0 aliphatic rings. The van der Waals surface area contributed by atoms with Crippen LogP contribution in [0.3, 0.4) is 0 Å². The number of hydrogen-bond acceptors (Lipinski definition) is 4. The summed E-state index contributed by atoms with van der Waals surface area (Å²) in [6, 6.07) is 6.15. The molecule has 19 heavy (non-hydrogen) atoms. The maximum Gasteiger partial charge on any atom is 0.259 e. The summed E-state index contributed by atoms with van der Waals surface area (Å²) in [5.41, 5.74) is 1.07. The van der Waals surface area contributed by atoms with Gasteiger partial charge in [-0.3, -0.25) is 4.79 Å². The molecular weight excluding hydrogens is 262 g/mol. The molecule has 1 aromatic heterocycles. The summed E-state index contributed by atoms with van der Waals surface area (Å²) in [6.45, 7) is 1.88. The highest BCUT2D eigenvalue weighted by Gasteiger charge is 2.17. The first kappa shape index (κ1) is 13.4. The number of phenolic OH excluding ortho intramolecular Hbond substituents is 2. The largest absolute Gasteiger partial charge is 0.507 e. The first-order valence-corrected chi connectivity index (χ1v) is 6.85. The van der Waals surface area contributed by atoms with Crippen molar-refractivity contribution in [2.45, 2.75) is 19.4 Å². The van der Waals surface area contributed by atoms with Crippen molar-refractivity contribution in [2.24, 2.45) is 0 Å². The van der Waals surface area contributed by atoms with Gasteiger partial charge >= 0.3 is 0 Å². The molecule has 3 N–H and O–H groups in total. The van der Waals surface area contributed by atoms with Crippen molar-refractivity contribution in [3.63, 3.8) is 0 Å². The van der Waals surface area contributed by atoms with Crippen molar-refractivity contribution in [2.75, 3.05) is 0 Å². The molecule has 4 nitrogen and oxygen atoms in total. The molecule has 5 heteroatoms. The SMILES string of the molecule is CC(Cc1ccsc1)NC(=O)c1c(O)cccc1O. The zero-order valence-electron chi connectivity index (χ0n) is 10.5. The Morgan fingerprint density at radius 1 is 1.32 bits per heavy atom. The third-order valence-electron chi connectivity index (χ3n) is 2.75. The first-order valence-electron chi connectivity index (χ1n) is 5.91. The second-order valence-corrected chi connectivity index (χ2v) is 5.16. The van der Waals surface area contributed by atoms with Crippen molar-refractivity contribution in [1.29, 1.82) is 0 Å². The Balaban J connectivity index is 2.04. The predicted molar refractivity (Wildman–Crippen MR) is 74.7 cm³/mol. The molecule has 2 aromatic rings. The van der Waals surface area contributed by atoms with E-state index in [0.717, 1.165) is 5.56 Å². The summed E-state index contributed by atoms with van der Waals surface area (Å²) in [4.78, 5) is 12.0. The smallest absolute Gasteiger partial charge is 0.259 e. The lowest BCUT2D eigenvalue weighted by Gasteiger charge is -2.14. The van der Waals surface area contributed by atoms with Gasteiger partial charge < -0.3 is 15.5 Å². The second kappa shape index (κ2) is 5.75. The molecule has 1 amide bonds. The molecule has 100 valence electrons. The third-order valence-corrected chi connectivity index (χ3v) is 3.48. The Labute approximate surface area is 115 Å². The van der Waals surface area contributed by atoms with Gasteiger partial charge in [-0.25, -0.2) is 0 Å². The Kier molecular flexibility index (Phi) is 4.06. The number of hydrogen-bond donors (Lipinski definition) is 3. The molecular formula is C14H15NO3S. The minimum atomic E-state index is -0.474. The van der Waals surface area contributed by atoms with Crippen LogP contribution in [-0.4, -0.2) is 22.2 Å². The first-order chi connectivity index (χ1) is 9.08. The molecule has 0 saturated carbocycles. The lowest BCUT2D eigenvalue weighted by molar-refractivity contribution is 0.0934. The van der Waals surface area contributed by atoms with Gasteiger partial charge in [0.25, 0.3) is 5.91 Å². The number of amides is 1. The fourth-order valence-electron chi connectivity index (χ4n) is 1.87. The molecule has 0 aliphatic heterocycles. The normalized spacial score (nSPS) is 12.1. The van der Waals surface area contributed by atoms with E-state index in [1.807, 2.05) is 23.8 Å². The maximum atomic E-state index is 12.0. The van der Waals surface area contributed by atoms with Gasteiger partial charge in [-0.05, 0) is 47.9 Å². The zero-order chi connectivity index (χ0) is 13.8. The molecule has 0 saturated heterocycles. The van der Waals surface area contributed by atoms with Gasteiger partial charge in [0.1, 0.15) is 17.1 Å². The van der Waals surface area contributed by atoms with Gasteiger partial charge in [0.15, 0.2) is 0 Å². The zero-order valence-corrected chi connectivity index (χ0v) is 11.3. The number of benzene rings is 1. The van der Waals surface area contributed by atoms with Crippen molar-refractivity contribution in [3.8, 4) is 11.5 Å². The van der Waals surface area contributed by atoms with Crippen LogP contribution in [0.25, 0.3) is 0 Å². The number of thiophene rings is 1. The molecule has 1 heterocycles. The van der Waals surface area contributed by atoms with Crippen LogP contribution in [0.1, 0.15) is 22.8 Å². The molecule has 0 radical (unpaired) electrons. The van der Waals surface area contributed by atoms with Gasteiger partial charge in [0.05, 0.1) is 0 Å². The molecule has 0 bridgehead atoms. The van der Waals surface area contributed by atoms with E-state index in [4.69, 9.17) is 0 Å². The number of phenols is 2. The van der Waals surface area contributed by atoms with Gasteiger partial charge in [0, 0.05) is 6.04 Å². The minimum absolute atomic E-state index is 0.0823. The van der Waals surface area contributed by atoms with E-state index in [2.05, 4.69) is 5.32 Å². The fraction of sp³-hybridized carbons (Fsp3) is 0.214. The molecule has 1 atom stereocenters. The van der Waals surface area contributed by atoms with E-state index in [9.17, 15) is 15.0 Å². The van der Waals surface area contributed by atoms with Crippen LogP contribution in [0, 0.1) is 0 Å². The number of carbonyl (C=O) groups is 1. The molecule has 0 aliphatic carbocycles. The number of carbonyl (C=O) groups excluding carboxylic acids is 1. The topological polar surface area (TPSA) is 69.6 Å². The van der Waals surface area contributed by atoms with E-state index in [-0.39, 0.29) is 23.1 Å². The van der Waals surface area contributed by atoms with Crippen LogP contribution in [0.5, 0.6) is 11.5 Å². The molecule has 1 unspecified atom stereocenters. The number of aromatic hydroxyl groups is 2. The third kappa shape index (κ3) is 3.26. The lowest BCUT2D eigenvalue weighted by Crippen LogP contribution is -2.34. The number of rotatable bonds is 4. The van der Waals surface area contributed by atoms with E-state index >= 15 is 0 Å². The standard InChI is InChI=1S/C14H15NO3S/c1-9(7-10-5-6-19-8-10)15-14(18)13-11(16)3-2-4-12(13)17/h2-6,8-9,16-17H,7H2,1H3,(H,15,18). The highest BCUT2D eigenvalue weighted by molar-refractivity contribution is 7.07. The van der Waals surface area contributed by atoms with Crippen LogP contribution < -0.4 is 5.32 Å². The summed E-state index contributed by atoms with van der Waals surface area (Å²) in [7, 11) is 0. The monoisotopic (exact) mass is 277 g/mol. The van der Waals surface area contributed by atoms with E-state index < -0.39 is 5.91 Å². The van der Waals surface area contributed by atoms with Crippen molar-refractivity contribution >= 4 is 17.2 Å². The van der Waals surface area contributed by atoms with Gasteiger partial charge in [-0.2, -0.15) is 11.3 Å². The molecule has 2 rings (SSSR count). The highest BCUT2D eigenvalue weighted by atomic mass is 32.1. The average molecular weight is 277 g/mol. The average Bonchev–Trinajstić information content (AvgIpc) is 2.81. The van der Waals surface area contributed by atoms with Crippen LogP contribution in [0.2, 0.25) is 0 Å². The Hall–Kier alpha value is -2.01. The fourth-order valence-corrected chi connectivity index (χ4v) is 2.55. The Bertz CT molecular complexity index is 546. The second-order valence-electron chi connectivity index (χ2n) is 4.38. The minimum Gasteiger partial charge on any atom is -0.507 e. The van der Waals surface area contributed by atoms with Crippen LogP contribution in [-0.2, 0) is 6.42 Å². The lowest BCUT2D eigenvalue weighted by atomic mass is 10.1. The van der Waals surface area contributed by atoms with Crippen molar-refractivity contribution < 1.29 is 15.0 Å². The quantitative estimate of drug-likeness (QED) is 0.804. The van der Waals surface area contributed by atoms with Crippen LogP contribution in [0.15, 0.2) is 35.0 Å². The predicted octanol–water partition coefficient (Wildman–Crippen LogP) is 2.52. The van der Waals surface area contributed by atoms with Crippen molar-refractivity contribution in [1.82, 2.24) is 5.32 Å². The summed E-state index contributed by atoms with van der Waals surface area (Å²) in [5.74, 6) is -0.918. The van der Waals surface area contributed by atoms with Crippen LogP contribution in [0.4, 0.5) is 0 Å². The van der Waals surface area contributed by atoms with Gasteiger partial charge in [-0.15, -0.1) is 0 Å². The highest BCUT2D eigenvalue weighted by Crippen LogP contribution is 2.26. The summed E-state index contributed by atoms with van der Waals surface area (Å²) in [5, 5.41) is 26.0. The summed E-state index contributed by atoms with van der Waals surface area (Å²) < 4.78 is 0. The number of nitrogens with one attached hydrogen (secondary N) is 1. The molecule has 1 aromatic carbocycles. The molecule has 0 fully saturated rings. The summed E-state index contributed by atoms with van der Waals surface area (Å²) in [6.07, 6.45) is 0.712. The van der Waals surface area contributed by atoms with Crippen molar-refractivity contribution in [3.05, 3.63) is 46.2 Å². The van der Waals surface area contributed by atoms with Crippen LogP contribution >= 0.6 is 11.3 Å². The van der Waals surface area contributed by atoms with E-state index in [0.29, 0.717) is 6.42 Å². The van der Waals surface area contributed by atoms with Gasteiger partial charge in [-0.1, -0.05) is 6.07 Å². The Morgan fingerprint density at radius 2 is 2.00 bits per heavy atom. The van der Waals surface area contributed by atoms with E-state index in [1.165, 1.54) is 18.2 Å². The summed E-state index contributed by atoms with van der Waals surface area (Å²) >= 11 is 1.61.